The highest BCUT2D eigenvalue weighted by atomic mass is 32.1. The lowest BCUT2D eigenvalue weighted by molar-refractivity contribution is 0.0402. The molecule has 1 unspecified atom stereocenters. The number of benzene rings is 1. The van der Waals surface area contributed by atoms with E-state index in [1.54, 1.807) is 22.7 Å². The molecule has 5 rings (SSSR count). The van der Waals surface area contributed by atoms with E-state index in [9.17, 15) is 0 Å². The van der Waals surface area contributed by atoms with Crippen molar-refractivity contribution in [3.8, 4) is 0 Å². The molecule has 8 heteroatoms. The minimum Gasteiger partial charge on any atom is -0.371 e. The quantitative estimate of drug-likeness (QED) is 0.479. The summed E-state index contributed by atoms with van der Waals surface area (Å²) in [5, 5.41) is 6.31. The van der Waals surface area contributed by atoms with Crippen LogP contribution in [-0.4, -0.2) is 37.6 Å². The molecule has 1 aliphatic rings. The average molecular weight is 412 g/mol. The molecule has 1 atom stereocenters. The summed E-state index contributed by atoms with van der Waals surface area (Å²) in [7, 11) is 0. The van der Waals surface area contributed by atoms with Crippen molar-refractivity contribution in [3.05, 3.63) is 62.8 Å². The van der Waals surface area contributed by atoms with Crippen molar-refractivity contribution >= 4 is 33.7 Å². The number of rotatable bonds is 6. The molecule has 0 radical (unpaired) electrons. The molecule has 0 saturated heterocycles. The number of nitrogens with zero attached hydrogens (tertiary/aromatic N) is 5. The van der Waals surface area contributed by atoms with E-state index in [2.05, 4.69) is 44.6 Å². The molecule has 3 aromatic heterocycles. The third-order valence-electron chi connectivity index (χ3n) is 4.98. The summed E-state index contributed by atoms with van der Waals surface area (Å²) in [6.07, 6.45) is 3.74. The molecule has 0 spiro atoms. The third-order valence-corrected chi connectivity index (χ3v) is 6.51. The van der Waals surface area contributed by atoms with Gasteiger partial charge in [0.1, 0.15) is 22.4 Å². The summed E-state index contributed by atoms with van der Waals surface area (Å²) in [4.78, 5) is 16.2. The Morgan fingerprint density at radius 2 is 1.89 bits per heavy atom. The standard InChI is InChI=1S/C20H21N5OS2/c1-14-2-3-17-16(8-14)23-18-13-26-12-15(25(17)18)9-24(10-19-21-4-6-27-19)11-20-22-5-7-28-20/h2-8,15H,9-13H2,1H3. The predicted molar refractivity (Wildman–Crippen MR) is 112 cm³/mol. The van der Waals surface area contributed by atoms with E-state index in [4.69, 9.17) is 9.72 Å². The first-order chi connectivity index (χ1) is 13.8. The second-order valence-electron chi connectivity index (χ2n) is 7.08. The molecule has 4 heterocycles. The molecule has 0 fully saturated rings. The molecule has 1 aromatic carbocycles. The van der Waals surface area contributed by atoms with Crippen molar-refractivity contribution in [1.29, 1.82) is 0 Å². The molecule has 0 bridgehead atoms. The van der Waals surface area contributed by atoms with Gasteiger partial charge in [-0.05, 0) is 24.6 Å². The SMILES string of the molecule is Cc1ccc2c(c1)nc1n2C(CN(Cc2nccs2)Cc2nccs2)COC1. The number of hydrogen-bond acceptors (Lipinski definition) is 7. The first-order valence-electron chi connectivity index (χ1n) is 9.30. The third kappa shape index (κ3) is 3.60. The van der Waals surface area contributed by atoms with Crippen LogP contribution in [0.2, 0.25) is 0 Å². The Balaban J connectivity index is 1.45. The number of hydrogen-bond donors (Lipinski definition) is 0. The number of thiazole rings is 2. The Bertz CT molecular complexity index is 1020. The van der Waals surface area contributed by atoms with Crippen LogP contribution in [0.15, 0.2) is 41.4 Å². The highest BCUT2D eigenvalue weighted by Gasteiger charge is 2.26. The van der Waals surface area contributed by atoms with Gasteiger partial charge in [-0.15, -0.1) is 22.7 Å². The van der Waals surface area contributed by atoms with Gasteiger partial charge in [0.2, 0.25) is 0 Å². The summed E-state index contributed by atoms with van der Waals surface area (Å²) in [6.45, 7) is 5.87. The normalized spacial score (nSPS) is 16.7. The van der Waals surface area contributed by atoms with Crippen LogP contribution in [0.1, 0.15) is 27.4 Å². The molecule has 6 nitrogen and oxygen atoms in total. The smallest absolute Gasteiger partial charge is 0.136 e. The van der Waals surface area contributed by atoms with E-state index in [0.717, 1.165) is 41.0 Å². The summed E-state index contributed by atoms with van der Waals surface area (Å²) in [6, 6.07) is 6.72. The molecule has 144 valence electrons. The number of aryl methyl sites for hydroxylation is 1. The summed E-state index contributed by atoms with van der Waals surface area (Å²) < 4.78 is 8.27. The topological polar surface area (TPSA) is 56.1 Å². The van der Waals surface area contributed by atoms with Gasteiger partial charge < -0.3 is 9.30 Å². The highest BCUT2D eigenvalue weighted by Crippen LogP contribution is 2.28. The average Bonchev–Trinajstić information content (AvgIpc) is 3.42. The van der Waals surface area contributed by atoms with Gasteiger partial charge in [-0.2, -0.15) is 0 Å². The maximum atomic E-state index is 5.90. The van der Waals surface area contributed by atoms with Gasteiger partial charge in [-0.25, -0.2) is 15.0 Å². The van der Waals surface area contributed by atoms with Crippen LogP contribution in [0.4, 0.5) is 0 Å². The monoisotopic (exact) mass is 411 g/mol. The van der Waals surface area contributed by atoms with Crippen molar-refractivity contribution in [1.82, 2.24) is 24.4 Å². The first kappa shape index (κ1) is 17.9. The van der Waals surface area contributed by atoms with E-state index in [0.29, 0.717) is 13.2 Å². The van der Waals surface area contributed by atoms with E-state index in [1.165, 1.54) is 11.1 Å². The Morgan fingerprint density at radius 1 is 1.14 bits per heavy atom. The van der Waals surface area contributed by atoms with Crippen LogP contribution in [0.3, 0.4) is 0 Å². The molecule has 0 saturated carbocycles. The Kier molecular flexibility index (Phi) is 4.94. The van der Waals surface area contributed by atoms with E-state index in [-0.39, 0.29) is 6.04 Å². The summed E-state index contributed by atoms with van der Waals surface area (Å²) in [5.74, 6) is 1.01. The maximum absolute atomic E-state index is 5.90. The number of ether oxygens (including phenoxy) is 1. The molecule has 0 amide bonds. The lowest BCUT2D eigenvalue weighted by atomic mass is 10.2. The van der Waals surface area contributed by atoms with Gasteiger partial charge in [0.25, 0.3) is 0 Å². The molecule has 0 N–H and O–H groups in total. The minimum absolute atomic E-state index is 0.219. The zero-order valence-electron chi connectivity index (χ0n) is 15.6. The van der Waals surface area contributed by atoms with Crippen LogP contribution in [-0.2, 0) is 24.4 Å². The fourth-order valence-electron chi connectivity index (χ4n) is 3.79. The zero-order valence-corrected chi connectivity index (χ0v) is 17.2. The largest absolute Gasteiger partial charge is 0.371 e. The fourth-order valence-corrected chi connectivity index (χ4v) is 5.11. The minimum atomic E-state index is 0.219. The van der Waals surface area contributed by atoms with E-state index >= 15 is 0 Å². The van der Waals surface area contributed by atoms with Crippen molar-refractivity contribution < 1.29 is 4.74 Å². The summed E-state index contributed by atoms with van der Waals surface area (Å²) in [5.41, 5.74) is 3.48. The highest BCUT2D eigenvalue weighted by molar-refractivity contribution is 7.09. The predicted octanol–water partition coefficient (Wildman–Crippen LogP) is 4.03. The number of aromatic nitrogens is 4. The number of fused-ring (bicyclic) bond motifs is 3. The second kappa shape index (κ2) is 7.71. The van der Waals surface area contributed by atoms with Crippen molar-refractivity contribution in [2.45, 2.75) is 32.7 Å². The van der Waals surface area contributed by atoms with Gasteiger partial charge in [0, 0.05) is 29.7 Å². The van der Waals surface area contributed by atoms with Crippen LogP contribution in [0.5, 0.6) is 0 Å². The van der Waals surface area contributed by atoms with Crippen molar-refractivity contribution in [2.75, 3.05) is 13.2 Å². The van der Waals surface area contributed by atoms with Crippen LogP contribution in [0.25, 0.3) is 11.0 Å². The van der Waals surface area contributed by atoms with Gasteiger partial charge in [-0.3, -0.25) is 4.90 Å². The van der Waals surface area contributed by atoms with Crippen LogP contribution >= 0.6 is 22.7 Å². The van der Waals surface area contributed by atoms with Crippen LogP contribution < -0.4 is 0 Å². The molecular formula is C20H21N5OS2. The van der Waals surface area contributed by atoms with Gasteiger partial charge in [0.15, 0.2) is 0 Å². The fraction of sp³-hybridized carbons (Fsp3) is 0.350. The van der Waals surface area contributed by atoms with Crippen LogP contribution in [0, 0.1) is 6.92 Å². The Hall–Kier alpha value is -2.13. The van der Waals surface area contributed by atoms with Gasteiger partial charge >= 0.3 is 0 Å². The van der Waals surface area contributed by atoms with E-state index in [1.807, 2.05) is 23.2 Å². The molecule has 28 heavy (non-hydrogen) atoms. The zero-order chi connectivity index (χ0) is 18.9. The molecule has 1 aliphatic heterocycles. The Morgan fingerprint density at radius 3 is 2.57 bits per heavy atom. The van der Waals surface area contributed by atoms with Crippen molar-refractivity contribution in [3.63, 3.8) is 0 Å². The number of imidazole rings is 1. The Labute approximate surface area is 171 Å². The lowest BCUT2D eigenvalue weighted by Crippen LogP contribution is -2.35. The molecular weight excluding hydrogens is 390 g/mol. The molecule has 4 aromatic rings. The molecule has 0 aliphatic carbocycles. The van der Waals surface area contributed by atoms with Crippen molar-refractivity contribution in [2.24, 2.45) is 0 Å². The second-order valence-corrected chi connectivity index (χ2v) is 9.04. The van der Waals surface area contributed by atoms with Gasteiger partial charge in [-0.1, -0.05) is 6.07 Å². The summed E-state index contributed by atoms with van der Waals surface area (Å²) >= 11 is 3.39. The lowest BCUT2D eigenvalue weighted by Gasteiger charge is -2.31. The van der Waals surface area contributed by atoms with E-state index < -0.39 is 0 Å². The maximum Gasteiger partial charge on any atom is 0.136 e. The van der Waals surface area contributed by atoms with Gasteiger partial charge in [0.05, 0.1) is 36.8 Å². The first-order valence-corrected chi connectivity index (χ1v) is 11.1.